The van der Waals surface area contributed by atoms with Crippen LogP contribution in [0, 0.1) is 0 Å². The Morgan fingerprint density at radius 2 is 1.89 bits per heavy atom. The normalized spacial score (nSPS) is 8.11. The van der Waals surface area contributed by atoms with Crippen molar-refractivity contribution in [2.75, 3.05) is 0 Å². The summed E-state index contributed by atoms with van der Waals surface area (Å²) in [6, 6.07) is 0. The Balaban J connectivity index is 0. The smallest absolute Gasteiger partial charge is 0 e. The van der Waals surface area contributed by atoms with Gasteiger partial charge in [-0.05, 0) is 0 Å². The third kappa shape index (κ3) is 11.8. The van der Waals surface area contributed by atoms with Crippen molar-refractivity contribution in [3.8, 4) is 0 Å². The Hall–Kier alpha value is 0.358. The molecule has 0 atom stereocenters. The molecule has 0 aliphatic rings. The van der Waals surface area contributed by atoms with Crippen molar-refractivity contribution in [3.63, 3.8) is 0 Å². The molecule has 54 valence electrons. The third-order valence-corrected chi connectivity index (χ3v) is 1.13. The Bertz CT molecular complexity index is 54.9. The first-order valence-electron chi connectivity index (χ1n) is 3.26. The van der Waals surface area contributed by atoms with Gasteiger partial charge in [-0.3, -0.25) is 6.29 Å². The first kappa shape index (κ1) is 12.1. The molecule has 1 nitrogen and oxygen atoms in total. The number of unbranched alkanes of at least 4 members (excludes halogenated alkanes) is 4. The van der Waals surface area contributed by atoms with E-state index in [0.717, 1.165) is 6.42 Å². The van der Waals surface area contributed by atoms with Gasteiger partial charge in [-0.2, -0.15) is 6.42 Å². The summed E-state index contributed by atoms with van der Waals surface area (Å²) in [6.07, 6.45) is 7.20. The molecule has 0 aliphatic heterocycles. The first-order valence-corrected chi connectivity index (χ1v) is 3.26. The van der Waals surface area contributed by atoms with E-state index in [1.807, 2.05) is 6.29 Å². The van der Waals surface area contributed by atoms with Crippen molar-refractivity contribution in [2.45, 2.75) is 39.0 Å². The zero-order valence-electron chi connectivity index (χ0n) is 5.85. The second-order valence-corrected chi connectivity index (χ2v) is 1.95. The molecular formula is C7H13OW-. The van der Waals surface area contributed by atoms with Gasteiger partial charge < -0.3 is 4.79 Å². The van der Waals surface area contributed by atoms with Gasteiger partial charge in [0.25, 0.3) is 0 Å². The fraction of sp³-hybridized carbons (Fsp3) is 0.857. The van der Waals surface area contributed by atoms with Gasteiger partial charge in [0.15, 0.2) is 0 Å². The first-order chi connectivity index (χ1) is 3.91. The molecule has 0 saturated carbocycles. The maximum Gasteiger partial charge on any atom is 0 e. The largest absolute Gasteiger partial charge is 0.542 e. The summed E-state index contributed by atoms with van der Waals surface area (Å²) >= 11 is 0. The van der Waals surface area contributed by atoms with Crippen LogP contribution in [0.4, 0.5) is 0 Å². The Kier molecular flexibility index (Phi) is 15.0. The maximum atomic E-state index is 9.64. The van der Waals surface area contributed by atoms with Gasteiger partial charge >= 0.3 is 0 Å². The second-order valence-electron chi connectivity index (χ2n) is 1.95. The Morgan fingerprint density at radius 1 is 1.22 bits per heavy atom. The van der Waals surface area contributed by atoms with Crippen molar-refractivity contribution in [1.82, 2.24) is 0 Å². The quantitative estimate of drug-likeness (QED) is 0.561. The molecule has 0 amide bonds. The summed E-state index contributed by atoms with van der Waals surface area (Å²) in [5.41, 5.74) is 0. The van der Waals surface area contributed by atoms with E-state index in [0.29, 0.717) is 6.42 Å². The molecule has 0 rings (SSSR count). The predicted molar refractivity (Wildman–Crippen MR) is 34.5 cm³/mol. The number of carbonyl (C=O) groups excluding carboxylic acids is 1. The monoisotopic (exact) mass is 297 g/mol. The van der Waals surface area contributed by atoms with Crippen LogP contribution >= 0.6 is 0 Å². The van der Waals surface area contributed by atoms with E-state index in [4.69, 9.17) is 0 Å². The van der Waals surface area contributed by atoms with Crippen molar-refractivity contribution < 1.29 is 25.9 Å². The topological polar surface area (TPSA) is 17.1 Å². The molecule has 0 aliphatic carbocycles. The number of hydrogen-bond donors (Lipinski definition) is 0. The summed E-state index contributed by atoms with van der Waals surface area (Å²) in [6.45, 7) is 2.16. The van der Waals surface area contributed by atoms with Gasteiger partial charge in [0, 0.05) is 21.1 Å². The minimum absolute atomic E-state index is 0. The van der Waals surface area contributed by atoms with E-state index in [9.17, 15) is 4.79 Å². The molecule has 0 saturated heterocycles. The second kappa shape index (κ2) is 11.2. The van der Waals surface area contributed by atoms with Gasteiger partial charge in [0.05, 0.1) is 0 Å². The molecule has 0 heterocycles. The van der Waals surface area contributed by atoms with Crippen LogP contribution in [0.15, 0.2) is 0 Å². The van der Waals surface area contributed by atoms with Crippen molar-refractivity contribution in [2.24, 2.45) is 0 Å². The fourth-order valence-electron chi connectivity index (χ4n) is 0.624. The van der Waals surface area contributed by atoms with Crippen LogP contribution in [0.3, 0.4) is 0 Å². The minimum atomic E-state index is 0. The van der Waals surface area contributed by atoms with E-state index >= 15 is 0 Å². The Morgan fingerprint density at radius 3 is 2.33 bits per heavy atom. The molecule has 0 radical (unpaired) electrons. The van der Waals surface area contributed by atoms with E-state index in [1.165, 1.54) is 19.3 Å². The fourth-order valence-corrected chi connectivity index (χ4v) is 0.624. The van der Waals surface area contributed by atoms with Crippen molar-refractivity contribution in [1.29, 1.82) is 0 Å². The molecule has 0 bridgehead atoms. The maximum absolute atomic E-state index is 9.64. The molecular weight excluding hydrogens is 284 g/mol. The van der Waals surface area contributed by atoms with Gasteiger partial charge in [-0.15, -0.1) is 0 Å². The Labute approximate surface area is 71.5 Å². The molecule has 0 fully saturated rings. The van der Waals surface area contributed by atoms with Gasteiger partial charge in [0.1, 0.15) is 0 Å². The average Bonchev–Trinajstić information content (AvgIpc) is 1.81. The van der Waals surface area contributed by atoms with Crippen LogP contribution in [-0.4, -0.2) is 6.29 Å². The van der Waals surface area contributed by atoms with Gasteiger partial charge in [-0.1, -0.05) is 32.6 Å². The SMILES string of the molecule is CCCCCC[C-]=O.[W]. The van der Waals surface area contributed by atoms with Crippen molar-refractivity contribution in [3.05, 3.63) is 0 Å². The molecule has 0 spiro atoms. The van der Waals surface area contributed by atoms with Crippen LogP contribution in [0.1, 0.15) is 39.0 Å². The molecule has 0 N–H and O–H groups in total. The molecule has 0 aromatic carbocycles. The van der Waals surface area contributed by atoms with E-state index in [-0.39, 0.29) is 21.1 Å². The third-order valence-electron chi connectivity index (χ3n) is 1.13. The molecule has 2 heteroatoms. The summed E-state index contributed by atoms with van der Waals surface area (Å²) in [5.74, 6) is 0. The minimum Gasteiger partial charge on any atom is -0.542 e. The standard InChI is InChI=1S/C7H13O.W/c1-2-3-4-5-6-7-8;/h2-6H2,1H3;/q-1;. The van der Waals surface area contributed by atoms with E-state index in [1.54, 1.807) is 0 Å². The summed E-state index contributed by atoms with van der Waals surface area (Å²) in [5, 5.41) is 0. The summed E-state index contributed by atoms with van der Waals surface area (Å²) in [7, 11) is 0. The molecule has 0 aromatic heterocycles. The van der Waals surface area contributed by atoms with Crippen LogP contribution in [0.5, 0.6) is 0 Å². The zero-order valence-corrected chi connectivity index (χ0v) is 8.79. The average molecular weight is 297 g/mol. The van der Waals surface area contributed by atoms with Gasteiger partial charge in [0.2, 0.25) is 0 Å². The summed E-state index contributed by atoms with van der Waals surface area (Å²) < 4.78 is 0. The molecule has 9 heavy (non-hydrogen) atoms. The predicted octanol–water partition coefficient (Wildman–Crippen LogP) is 2.06. The van der Waals surface area contributed by atoms with Crippen LogP contribution in [0.25, 0.3) is 0 Å². The summed E-state index contributed by atoms with van der Waals surface area (Å²) in [4.78, 5) is 9.64. The molecule has 0 aromatic rings. The molecule has 0 unspecified atom stereocenters. The number of hydrogen-bond acceptors (Lipinski definition) is 1. The van der Waals surface area contributed by atoms with Gasteiger partial charge in [-0.25, -0.2) is 0 Å². The van der Waals surface area contributed by atoms with Crippen LogP contribution < -0.4 is 0 Å². The zero-order chi connectivity index (χ0) is 6.24. The van der Waals surface area contributed by atoms with E-state index < -0.39 is 0 Å². The van der Waals surface area contributed by atoms with Crippen LogP contribution in [-0.2, 0) is 25.9 Å². The van der Waals surface area contributed by atoms with E-state index in [2.05, 4.69) is 6.92 Å². The number of rotatable bonds is 5. The van der Waals surface area contributed by atoms with Crippen LogP contribution in [0.2, 0.25) is 0 Å². The van der Waals surface area contributed by atoms with Crippen molar-refractivity contribution >= 4 is 6.29 Å².